The average Bonchev–Trinajstić information content (AvgIpc) is 2.65. The summed E-state index contributed by atoms with van der Waals surface area (Å²) in [6, 6.07) is 9.31. The molecule has 0 spiro atoms. The van der Waals surface area contributed by atoms with Gasteiger partial charge in [-0.15, -0.1) is 0 Å². The van der Waals surface area contributed by atoms with Gasteiger partial charge in [-0.1, -0.05) is 24.3 Å². The Hall–Kier alpha value is -2.16. The van der Waals surface area contributed by atoms with Crippen molar-refractivity contribution in [2.45, 2.75) is 45.9 Å². The lowest BCUT2D eigenvalue weighted by atomic mass is 10.1. The lowest BCUT2D eigenvalue weighted by molar-refractivity contribution is 0.0220. The number of carbonyl (C=O) groups excluding carboxylic acids is 2. The van der Waals surface area contributed by atoms with Crippen molar-refractivity contribution in [1.29, 1.82) is 0 Å². The standard InChI is InChI=1S/C21H23IN2O4/c1-21(2,3)28-20(26)24-9-8-16-10-17(22)19(23-18(16)11-24)27-13-15-6-4-14(12-25)5-7-15/h4-7,10,12H,8-9,11,13H2,1-3H3. The average molecular weight is 494 g/mol. The normalized spacial score (nSPS) is 13.6. The van der Waals surface area contributed by atoms with Crippen LogP contribution in [0.4, 0.5) is 4.79 Å². The fraction of sp³-hybridized carbons (Fsp3) is 0.381. The Morgan fingerprint density at radius 1 is 1.29 bits per heavy atom. The molecule has 0 N–H and O–H groups in total. The molecular formula is C21H23IN2O4. The molecule has 1 aromatic heterocycles. The van der Waals surface area contributed by atoms with Crippen molar-refractivity contribution in [3.63, 3.8) is 0 Å². The minimum Gasteiger partial charge on any atom is -0.472 e. The van der Waals surface area contributed by atoms with Crippen molar-refractivity contribution in [1.82, 2.24) is 9.88 Å². The van der Waals surface area contributed by atoms with Crippen LogP contribution < -0.4 is 4.74 Å². The van der Waals surface area contributed by atoms with Crippen LogP contribution >= 0.6 is 22.6 Å². The quantitative estimate of drug-likeness (QED) is 0.467. The van der Waals surface area contributed by atoms with Crippen molar-refractivity contribution in [3.8, 4) is 5.88 Å². The molecule has 2 heterocycles. The molecule has 0 radical (unpaired) electrons. The summed E-state index contributed by atoms with van der Waals surface area (Å²) in [4.78, 5) is 29.4. The van der Waals surface area contributed by atoms with E-state index in [0.717, 1.165) is 33.1 Å². The number of hydrogen-bond acceptors (Lipinski definition) is 5. The van der Waals surface area contributed by atoms with Crippen LogP contribution in [0, 0.1) is 3.57 Å². The highest BCUT2D eigenvalue weighted by atomic mass is 127. The number of rotatable bonds is 4. The minimum absolute atomic E-state index is 0.323. The van der Waals surface area contributed by atoms with E-state index >= 15 is 0 Å². The molecule has 1 aromatic carbocycles. The Bertz CT molecular complexity index is 875. The van der Waals surface area contributed by atoms with Crippen molar-refractivity contribution in [2.75, 3.05) is 6.54 Å². The predicted octanol–water partition coefficient (Wildman–Crippen LogP) is 4.37. The second-order valence-corrected chi connectivity index (χ2v) is 8.84. The fourth-order valence-corrected chi connectivity index (χ4v) is 3.49. The third-order valence-corrected chi connectivity index (χ3v) is 5.02. The molecule has 0 saturated carbocycles. The van der Waals surface area contributed by atoms with Gasteiger partial charge in [0.15, 0.2) is 0 Å². The summed E-state index contributed by atoms with van der Waals surface area (Å²) in [6.07, 6.45) is 1.23. The number of halogens is 1. The monoisotopic (exact) mass is 494 g/mol. The number of carbonyl (C=O) groups is 2. The van der Waals surface area contributed by atoms with Gasteiger partial charge < -0.3 is 14.4 Å². The second-order valence-electron chi connectivity index (χ2n) is 7.68. The Kier molecular flexibility index (Phi) is 6.22. The fourth-order valence-electron chi connectivity index (χ4n) is 2.84. The van der Waals surface area contributed by atoms with Crippen molar-refractivity contribution in [3.05, 3.63) is 56.3 Å². The van der Waals surface area contributed by atoms with E-state index in [9.17, 15) is 9.59 Å². The molecule has 2 aromatic rings. The molecule has 148 valence electrons. The zero-order valence-electron chi connectivity index (χ0n) is 16.2. The van der Waals surface area contributed by atoms with Gasteiger partial charge in [0.2, 0.25) is 5.88 Å². The van der Waals surface area contributed by atoms with E-state index < -0.39 is 5.60 Å². The van der Waals surface area contributed by atoms with Crippen LogP contribution in [-0.4, -0.2) is 34.4 Å². The first-order valence-electron chi connectivity index (χ1n) is 9.08. The highest BCUT2D eigenvalue weighted by Crippen LogP contribution is 2.27. The van der Waals surface area contributed by atoms with E-state index in [-0.39, 0.29) is 6.09 Å². The summed E-state index contributed by atoms with van der Waals surface area (Å²) in [7, 11) is 0. The zero-order chi connectivity index (χ0) is 20.3. The maximum atomic E-state index is 12.4. The first kappa shape index (κ1) is 20.6. The van der Waals surface area contributed by atoms with Crippen molar-refractivity contribution in [2.24, 2.45) is 0 Å². The number of aromatic nitrogens is 1. The maximum absolute atomic E-state index is 12.4. The molecule has 0 unspecified atom stereocenters. The van der Waals surface area contributed by atoms with E-state index in [2.05, 4.69) is 33.6 Å². The van der Waals surface area contributed by atoms with Crippen molar-refractivity contribution >= 4 is 35.0 Å². The molecule has 6 nitrogen and oxygen atoms in total. The number of nitrogens with zero attached hydrogens (tertiary/aromatic N) is 2. The van der Waals surface area contributed by atoms with Gasteiger partial charge >= 0.3 is 6.09 Å². The van der Waals surface area contributed by atoms with Gasteiger partial charge in [0, 0.05) is 12.1 Å². The van der Waals surface area contributed by atoms with E-state index in [1.807, 2.05) is 32.9 Å². The van der Waals surface area contributed by atoms with Gasteiger partial charge in [0.05, 0.1) is 15.8 Å². The van der Waals surface area contributed by atoms with Gasteiger partial charge in [0.25, 0.3) is 0 Å². The number of pyridine rings is 1. The lowest BCUT2D eigenvalue weighted by Gasteiger charge is -2.31. The molecule has 0 fully saturated rings. The molecule has 1 aliphatic rings. The van der Waals surface area contributed by atoms with E-state index in [1.165, 1.54) is 0 Å². The SMILES string of the molecule is CC(C)(C)OC(=O)N1CCc2cc(I)c(OCc3ccc(C=O)cc3)nc2C1. The Labute approximate surface area is 178 Å². The third kappa shape index (κ3) is 5.21. The number of hydrogen-bond donors (Lipinski definition) is 0. The van der Waals surface area contributed by atoms with Crippen LogP contribution in [-0.2, 0) is 24.3 Å². The number of amides is 1. The van der Waals surface area contributed by atoms with Gasteiger partial charge in [-0.2, -0.15) is 0 Å². The predicted molar refractivity (Wildman–Crippen MR) is 113 cm³/mol. The highest BCUT2D eigenvalue weighted by Gasteiger charge is 2.27. The minimum atomic E-state index is -0.523. The molecule has 28 heavy (non-hydrogen) atoms. The van der Waals surface area contributed by atoms with E-state index in [0.29, 0.717) is 31.1 Å². The summed E-state index contributed by atoms with van der Waals surface area (Å²) in [5, 5.41) is 0. The van der Waals surface area contributed by atoms with Gasteiger partial charge in [0.1, 0.15) is 18.5 Å². The Balaban J connectivity index is 1.70. The van der Waals surface area contributed by atoms with E-state index in [1.54, 1.807) is 17.0 Å². The maximum Gasteiger partial charge on any atom is 0.410 e. The molecule has 0 saturated heterocycles. The van der Waals surface area contributed by atoms with Crippen LogP contribution in [0.5, 0.6) is 5.88 Å². The molecule has 7 heteroatoms. The molecule has 0 bridgehead atoms. The largest absolute Gasteiger partial charge is 0.472 e. The Morgan fingerprint density at radius 2 is 2.00 bits per heavy atom. The molecule has 0 aliphatic carbocycles. The molecule has 1 aliphatic heterocycles. The van der Waals surface area contributed by atoms with Gasteiger partial charge in [-0.25, -0.2) is 9.78 Å². The number of benzene rings is 1. The first-order valence-corrected chi connectivity index (χ1v) is 10.2. The topological polar surface area (TPSA) is 68.7 Å². The molecule has 1 amide bonds. The Morgan fingerprint density at radius 3 is 2.64 bits per heavy atom. The highest BCUT2D eigenvalue weighted by molar-refractivity contribution is 14.1. The lowest BCUT2D eigenvalue weighted by Crippen LogP contribution is -2.40. The summed E-state index contributed by atoms with van der Waals surface area (Å²) in [5.41, 5.74) is 3.03. The zero-order valence-corrected chi connectivity index (χ0v) is 18.4. The van der Waals surface area contributed by atoms with Crippen LogP contribution in [0.2, 0.25) is 0 Å². The first-order chi connectivity index (χ1) is 13.2. The number of fused-ring (bicyclic) bond motifs is 1. The number of ether oxygens (including phenoxy) is 2. The third-order valence-electron chi connectivity index (χ3n) is 4.25. The smallest absolute Gasteiger partial charge is 0.410 e. The van der Waals surface area contributed by atoms with E-state index in [4.69, 9.17) is 9.47 Å². The number of aldehydes is 1. The second kappa shape index (κ2) is 8.46. The summed E-state index contributed by atoms with van der Waals surface area (Å²) in [5.74, 6) is 0.546. The van der Waals surface area contributed by atoms with Gasteiger partial charge in [-0.05, 0) is 67.0 Å². The summed E-state index contributed by atoms with van der Waals surface area (Å²) in [6.45, 7) is 6.95. The van der Waals surface area contributed by atoms with Crippen LogP contribution in [0.1, 0.15) is 48.0 Å². The van der Waals surface area contributed by atoms with Crippen LogP contribution in [0.15, 0.2) is 30.3 Å². The molecule has 3 rings (SSSR count). The summed E-state index contributed by atoms with van der Waals surface area (Å²) < 4.78 is 12.3. The van der Waals surface area contributed by atoms with Crippen molar-refractivity contribution < 1.29 is 19.1 Å². The molecular weight excluding hydrogens is 471 g/mol. The molecule has 0 atom stereocenters. The van der Waals surface area contributed by atoms with Gasteiger partial charge in [-0.3, -0.25) is 4.79 Å². The van der Waals surface area contributed by atoms with Crippen LogP contribution in [0.25, 0.3) is 0 Å². The summed E-state index contributed by atoms with van der Waals surface area (Å²) >= 11 is 2.22. The van der Waals surface area contributed by atoms with Crippen LogP contribution in [0.3, 0.4) is 0 Å².